The average Bonchev–Trinajstić information content (AvgIpc) is 2.63. The molecular weight excluding hydrogens is 552 g/mol. The quantitative estimate of drug-likeness (QED) is 0.0896. The normalized spacial score (nSPS) is 27.5. The Bertz CT molecular complexity index is 912. The van der Waals surface area contributed by atoms with Crippen molar-refractivity contribution in [1.29, 1.82) is 0 Å². The Morgan fingerprint density at radius 1 is 0.545 bits per heavy atom. The van der Waals surface area contributed by atoms with Gasteiger partial charge in [0.2, 0.25) is 0 Å². The molecule has 0 unspecified atom stereocenters. The molecule has 0 saturated heterocycles. The van der Waals surface area contributed by atoms with Crippen LogP contribution in [0, 0.1) is 0 Å². The van der Waals surface area contributed by atoms with E-state index in [9.17, 15) is 39.5 Å². The smallest absolute Gasteiger partial charge is 0.313 e. The first kappa shape index (κ1) is 28.9. The lowest BCUT2D eigenvalue weighted by atomic mass is 10.7. The van der Waals surface area contributed by atoms with E-state index < -0.39 is 61.1 Å². The summed E-state index contributed by atoms with van der Waals surface area (Å²) in [6.07, 6.45) is -15.6. The summed E-state index contributed by atoms with van der Waals surface area (Å²) in [5.41, 5.74) is 26.0. The van der Waals surface area contributed by atoms with Gasteiger partial charge in [0, 0.05) is 14.7 Å². The van der Waals surface area contributed by atoms with Crippen LogP contribution < -0.4 is 0 Å². The van der Waals surface area contributed by atoms with Gasteiger partial charge in [-0.15, -0.1) is 0 Å². The van der Waals surface area contributed by atoms with Crippen LogP contribution in [0.3, 0.4) is 0 Å². The van der Waals surface area contributed by atoms with Gasteiger partial charge in [0.15, 0.2) is 19.8 Å². The zero-order valence-electron chi connectivity index (χ0n) is 15.0. The SMILES string of the molecule is [N-]=[N+]=NP1(OCC(F)(F)F)=NP(N=[N+]=[N-])(OCC(F)(F)F)=NP(N=[N+]=[N-])(OCC(F)(F)F)=N1. The van der Waals surface area contributed by atoms with Crippen LogP contribution in [0.15, 0.2) is 28.2 Å². The maximum Gasteiger partial charge on any atom is 0.412 e. The molecule has 0 aromatic heterocycles. The molecule has 0 N–H and O–H groups in total. The minimum Gasteiger partial charge on any atom is -0.313 e. The fourth-order valence-electron chi connectivity index (χ4n) is 1.48. The molecule has 1 heterocycles. The summed E-state index contributed by atoms with van der Waals surface area (Å²) in [6, 6.07) is 0. The van der Waals surface area contributed by atoms with Crippen molar-refractivity contribution in [2.75, 3.05) is 19.8 Å². The Morgan fingerprint density at radius 3 is 0.909 bits per heavy atom. The van der Waals surface area contributed by atoms with Gasteiger partial charge in [-0.3, -0.25) is 0 Å². The molecule has 0 radical (unpaired) electrons. The standard InChI is InChI=1S/C6H6F9N12O3P3/c7-4(8,9)1-28-31(22-19-16)25-32(23-20-17,29-2-5(10,11)12)27-33(26-31,24-21-18)30-3-6(13,14)15/h1-3H2. The lowest BCUT2D eigenvalue weighted by Crippen LogP contribution is -2.17. The molecule has 0 spiro atoms. The Morgan fingerprint density at radius 2 is 0.758 bits per heavy atom. The van der Waals surface area contributed by atoms with Crippen LogP contribution in [0.1, 0.15) is 0 Å². The van der Waals surface area contributed by atoms with Crippen LogP contribution in [0.4, 0.5) is 39.5 Å². The minimum absolute atomic E-state index is 2.06. The summed E-state index contributed by atoms with van der Waals surface area (Å²) in [4.78, 5) is 14.3. The molecule has 1 rings (SSSR count). The number of azide groups is 3. The van der Waals surface area contributed by atoms with Gasteiger partial charge in [0.1, 0.15) is 0 Å². The van der Waals surface area contributed by atoms with Crippen molar-refractivity contribution in [2.45, 2.75) is 18.5 Å². The first-order chi connectivity index (χ1) is 14.9. The molecule has 0 bridgehead atoms. The van der Waals surface area contributed by atoms with Crippen molar-refractivity contribution in [3.05, 3.63) is 31.3 Å². The van der Waals surface area contributed by atoms with Crippen molar-refractivity contribution in [3.8, 4) is 0 Å². The summed E-state index contributed by atoms with van der Waals surface area (Å²) in [5.74, 6) is 0. The molecule has 0 amide bonds. The highest BCUT2D eigenvalue weighted by Gasteiger charge is 2.44. The molecule has 0 saturated carbocycles. The molecule has 33 heavy (non-hydrogen) atoms. The molecule has 0 atom stereocenters. The Balaban J connectivity index is 4.03. The first-order valence-electron chi connectivity index (χ1n) is 7.18. The number of halogens is 9. The van der Waals surface area contributed by atoms with Crippen molar-refractivity contribution in [1.82, 2.24) is 0 Å². The van der Waals surface area contributed by atoms with E-state index in [2.05, 4.69) is 56.5 Å². The predicted molar refractivity (Wildman–Crippen MR) is 91.5 cm³/mol. The highest BCUT2D eigenvalue weighted by Crippen LogP contribution is 2.81. The number of alkyl halides is 9. The maximum atomic E-state index is 12.7. The second kappa shape index (κ2) is 10.4. The van der Waals surface area contributed by atoms with E-state index in [4.69, 9.17) is 16.6 Å². The van der Waals surface area contributed by atoms with Crippen molar-refractivity contribution >= 4 is 22.7 Å². The summed E-state index contributed by atoms with van der Waals surface area (Å²) in [5, 5.41) is 0. The third-order valence-electron chi connectivity index (χ3n) is 2.37. The molecule has 1 aliphatic rings. The van der Waals surface area contributed by atoms with Crippen LogP contribution in [0.25, 0.3) is 31.3 Å². The molecule has 0 aromatic rings. The van der Waals surface area contributed by atoms with Gasteiger partial charge < -0.3 is 13.6 Å². The summed E-state index contributed by atoms with van der Waals surface area (Å²) < 4.78 is 136. The molecule has 186 valence electrons. The van der Waals surface area contributed by atoms with E-state index in [1.807, 2.05) is 0 Å². The van der Waals surface area contributed by atoms with Crippen molar-refractivity contribution in [3.63, 3.8) is 0 Å². The third-order valence-corrected chi connectivity index (χ3v) is 10.3. The fraction of sp³-hybridized carbons (Fsp3) is 1.00. The Labute approximate surface area is 174 Å². The second-order valence-corrected chi connectivity index (χ2v) is 11.5. The van der Waals surface area contributed by atoms with Gasteiger partial charge in [-0.05, 0) is 31.2 Å². The molecule has 1 aliphatic heterocycles. The van der Waals surface area contributed by atoms with Crippen LogP contribution >= 0.6 is 22.7 Å². The number of nitrogens with zero attached hydrogens (tertiary/aromatic N) is 12. The number of rotatable bonds is 9. The van der Waals surface area contributed by atoms with Gasteiger partial charge in [0.25, 0.3) is 22.7 Å². The first-order valence-corrected chi connectivity index (χ1v) is 11.9. The van der Waals surface area contributed by atoms with Crippen LogP contribution in [-0.4, -0.2) is 38.3 Å². The number of hydrogen-bond donors (Lipinski definition) is 0. The minimum atomic E-state index is -5.22. The zero-order chi connectivity index (χ0) is 25.6. The predicted octanol–water partition coefficient (Wildman–Crippen LogP) is 8.51. The summed E-state index contributed by atoms with van der Waals surface area (Å²) in [6.45, 7) is -7.05. The van der Waals surface area contributed by atoms with Gasteiger partial charge >= 0.3 is 18.5 Å². The van der Waals surface area contributed by atoms with E-state index in [1.165, 1.54) is 0 Å². The van der Waals surface area contributed by atoms with E-state index in [1.54, 1.807) is 0 Å². The number of hydrogen-bond acceptors (Lipinski definition) is 9. The largest absolute Gasteiger partial charge is 0.412 e. The second-order valence-electron chi connectivity index (χ2n) is 5.01. The van der Waals surface area contributed by atoms with Crippen molar-refractivity contribution in [2.24, 2.45) is 28.2 Å². The fourth-order valence-corrected chi connectivity index (χ4v) is 10.0. The monoisotopic (exact) mass is 558 g/mol. The average molecular weight is 558 g/mol. The van der Waals surface area contributed by atoms with Gasteiger partial charge in [-0.2, -0.15) is 53.1 Å². The summed E-state index contributed by atoms with van der Waals surface area (Å²) >= 11 is 0. The summed E-state index contributed by atoms with van der Waals surface area (Å²) in [7, 11) is -15.7. The highest BCUT2D eigenvalue weighted by molar-refractivity contribution is 7.81. The Hall–Kier alpha value is -2.13. The third kappa shape index (κ3) is 9.71. The molecule has 0 aliphatic carbocycles. The maximum absolute atomic E-state index is 12.7. The van der Waals surface area contributed by atoms with Crippen LogP contribution in [-0.2, 0) is 13.6 Å². The zero-order valence-corrected chi connectivity index (χ0v) is 17.6. The van der Waals surface area contributed by atoms with Gasteiger partial charge in [0.05, 0.1) is 0 Å². The lowest BCUT2D eigenvalue weighted by Gasteiger charge is -2.29. The van der Waals surface area contributed by atoms with E-state index in [-0.39, 0.29) is 0 Å². The molecule has 0 fully saturated rings. The molecule has 0 aromatic carbocycles. The van der Waals surface area contributed by atoms with Crippen molar-refractivity contribution < 1.29 is 53.1 Å². The van der Waals surface area contributed by atoms with Gasteiger partial charge in [-0.1, -0.05) is 0 Å². The van der Waals surface area contributed by atoms with E-state index in [0.29, 0.717) is 0 Å². The van der Waals surface area contributed by atoms with Gasteiger partial charge in [-0.25, -0.2) is 0 Å². The van der Waals surface area contributed by atoms with Crippen LogP contribution in [0.2, 0.25) is 0 Å². The van der Waals surface area contributed by atoms with E-state index in [0.717, 1.165) is 0 Å². The molecule has 15 nitrogen and oxygen atoms in total. The topological polar surface area (TPSA) is 211 Å². The Kier molecular flexibility index (Phi) is 9.13. The molecule has 27 heteroatoms. The molecular formula is C6H6F9N12O3P3. The highest BCUT2D eigenvalue weighted by atomic mass is 31.3. The lowest BCUT2D eigenvalue weighted by molar-refractivity contribution is -0.152. The van der Waals surface area contributed by atoms with E-state index >= 15 is 0 Å². The van der Waals surface area contributed by atoms with Crippen LogP contribution in [0.5, 0.6) is 0 Å².